The van der Waals surface area contributed by atoms with Gasteiger partial charge in [-0.15, -0.1) is 0 Å². The molecule has 3 aromatic rings. The third kappa shape index (κ3) is 6.93. The zero-order valence-corrected chi connectivity index (χ0v) is 24.5. The SMILES string of the molecule is COc1cc(/C=C2\SC(=O)N(CC(=O)Nc3cccc(C)c3)C2=O)cc(Br)c1OCc1ccc(I)cc1. The van der Waals surface area contributed by atoms with E-state index in [0.29, 0.717) is 33.8 Å². The number of thioether (sulfide) groups is 1. The van der Waals surface area contributed by atoms with Crippen molar-refractivity contribution in [1.82, 2.24) is 4.90 Å². The van der Waals surface area contributed by atoms with Crippen LogP contribution < -0.4 is 14.8 Å². The van der Waals surface area contributed by atoms with Gasteiger partial charge in [-0.2, -0.15) is 0 Å². The minimum Gasteiger partial charge on any atom is -0.493 e. The second-order valence-electron chi connectivity index (χ2n) is 8.13. The molecule has 1 aliphatic rings. The molecule has 0 atom stereocenters. The Morgan fingerprint density at radius 2 is 1.89 bits per heavy atom. The summed E-state index contributed by atoms with van der Waals surface area (Å²) < 4.78 is 13.3. The molecule has 1 aliphatic heterocycles. The topological polar surface area (TPSA) is 84.9 Å². The van der Waals surface area contributed by atoms with E-state index in [1.165, 1.54) is 7.11 Å². The van der Waals surface area contributed by atoms with Crippen LogP contribution in [-0.4, -0.2) is 35.6 Å². The molecule has 0 aromatic heterocycles. The molecular formula is C27H22BrIN2O5S. The maximum atomic E-state index is 12.9. The van der Waals surface area contributed by atoms with Gasteiger partial charge in [-0.05, 0) is 116 Å². The highest BCUT2D eigenvalue weighted by Crippen LogP contribution is 2.39. The standard InChI is InChI=1S/C27H22BrIN2O5S/c1-16-4-3-5-20(10-16)30-24(32)14-31-26(33)23(37-27(31)34)13-18-11-21(28)25(22(12-18)35-2)36-15-17-6-8-19(29)9-7-17/h3-13H,14-15H2,1-2H3,(H,30,32)/b23-13-. The number of anilines is 1. The molecule has 0 spiro atoms. The summed E-state index contributed by atoms with van der Waals surface area (Å²) in [5, 5.41) is 2.22. The largest absolute Gasteiger partial charge is 0.493 e. The van der Waals surface area contributed by atoms with Crippen molar-refractivity contribution in [2.45, 2.75) is 13.5 Å². The first-order chi connectivity index (χ1) is 17.7. The number of carbonyl (C=O) groups excluding carboxylic acids is 3. The van der Waals surface area contributed by atoms with E-state index in [-0.39, 0.29) is 11.4 Å². The summed E-state index contributed by atoms with van der Waals surface area (Å²) in [4.78, 5) is 39.0. The van der Waals surface area contributed by atoms with Gasteiger partial charge in [-0.25, -0.2) is 0 Å². The van der Waals surface area contributed by atoms with Crippen LogP contribution in [0.2, 0.25) is 0 Å². The number of benzene rings is 3. The van der Waals surface area contributed by atoms with E-state index in [1.807, 2.05) is 49.4 Å². The lowest BCUT2D eigenvalue weighted by molar-refractivity contribution is -0.127. The van der Waals surface area contributed by atoms with Crippen LogP contribution in [0.1, 0.15) is 16.7 Å². The van der Waals surface area contributed by atoms with Crippen LogP contribution in [-0.2, 0) is 16.2 Å². The normalized spacial score (nSPS) is 14.3. The van der Waals surface area contributed by atoms with Crippen molar-refractivity contribution in [3.8, 4) is 11.5 Å². The fraction of sp³-hybridized carbons (Fsp3) is 0.148. The van der Waals surface area contributed by atoms with Gasteiger partial charge in [0.15, 0.2) is 11.5 Å². The molecule has 0 radical (unpaired) electrons. The lowest BCUT2D eigenvalue weighted by Gasteiger charge is -2.14. The molecule has 10 heteroatoms. The predicted octanol–water partition coefficient (Wildman–Crippen LogP) is 6.62. The van der Waals surface area contributed by atoms with E-state index in [0.717, 1.165) is 31.4 Å². The Labute approximate surface area is 240 Å². The van der Waals surface area contributed by atoms with Gasteiger partial charge in [0.05, 0.1) is 16.5 Å². The monoisotopic (exact) mass is 692 g/mol. The Balaban J connectivity index is 1.46. The maximum Gasteiger partial charge on any atom is 0.294 e. The van der Waals surface area contributed by atoms with Crippen LogP contribution in [0.25, 0.3) is 6.08 Å². The van der Waals surface area contributed by atoms with Crippen molar-refractivity contribution in [3.63, 3.8) is 0 Å². The van der Waals surface area contributed by atoms with Crippen molar-refractivity contribution in [3.05, 3.63) is 90.3 Å². The molecule has 1 N–H and O–H groups in total. The number of nitrogens with zero attached hydrogens (tertiary/aromatic N) is 1. The fourth-order valence-corrected chi connectivity index (χ4v) is 5.33. The smallest absolute Gasteiger partial charge is 0.294 e. The Hall–Kier alpha value is -2.83. The number of halogens is 2. The fourth-order valence-electron chi connectivity index (χ4n) is 3.55. The van der Waals surface area contributed by atoms with Gasteiger partial charge in [0.25, 0.3) is 11.1 Å². The van der Waals surface area contributed by atoms with E-state index >= 15 is 0 Å². The minimum atomic E-state index is -0.525. The Bertz CT molecular complexity index is 1390. The number of nitrogens with one attached hydrogen (secondary N) is 1. The Morgan fingerprint density at radius 1 is 1.14 bits per heavy atom. The van der Waals surface area contributed by atoms with Crippen LogP contribution in [0.15, 0.2) is 70.0 Å². The summed E-state index contributed by atoms with van der Waals surface area (Å²) in [5.74, 6) is 0.0266. The van der Waals surface area contributed by atoms with Crippen molar-refractivity contribution < 1.29 is 23.9 Å². The Morgan fingerprint density at radius 3 is 2.59 bits per heavy atom. The third-order valence-electron chi connectivity index (χ3n) is 5.32. The van der Waals surface area contributed by atoms with Crippen LogP contribution in [0, 0.1) is 10.5 Å². The number of hydrogen-bond acceptors (Lipinski definition) is 6. The number of aryl methyl sites for hydroxylation is 1. The highest BCUT2D eigenvalue weighted by molar-refractivity contribution is 14.1. The molecule has 3 amide bonds. The first-order valence-corrected chi connectivity index (χ1v) is 13.8. The lowest BCUT2D eigenvalue weighted by atomic mass is 10.1. The average Bonchev–Trinajstić information content (AvgIpc) is 3.11. The molecule has 7 nitrogen and oxygen atoms in total. The third-order valence-corrected chi connectivity index (χ3v) is 7.54. The van der Waals surface area contributed by atoms with Gasteiger partial charge >= 0.3 is 0 Å². The first-order valence-electron chi connectivity index (χ1n) is 11.1. The van der Waals surface area contributed by atoms with Crippen LogP contribution in [0.5, 0.6) is 11.5 Å². The molecule has 1 saturated heterocycles. The van der Waals surface area contributed by atoms with E-state index < -0.39 is 17.1 Å². The summed E-state index contributed by atoms with van der Waals surface area (Å²) in [6.45, 7) is 1.90. The molecule has 37 heavy (non-hydrogen) atoms. The van der Waals surface area contributed by atoms with Gasteiger partial charge in [-0.3, -0.25) is 19.3 Å². The zero-order valence-electron chi connectivity index (χ0n) is 19.9. The number of hydrogen-bond donors (Lipinski definition) is 1. The Kier molecular flexibility index (Phi) is 8.93. The van der Waals surface area contributed by atoms with E-state index in [9.17, 15) is 14.4 Å². The number of methoxy groups -OCH3 is 1. The van der Waals surface area contributed by atoms with Crippen molar-refractivity contribution in [2.75, 3.05) is 19.0 Å². The number of amides is 3. The maximum absolute atomic E-state index is 12.9. The average molecular weight is 693 g/mol. The number of rotatable bonds is 8. The number of carbonyl (C=O) groups is 3. The molecule has 1 fully saturated rings. The minimum absolute atomic E-state index is 0.217. The molecule has 0 bridgehead atoms. The molecule has 0 saturated carbocycles. The second-order valence-corrected chi connectivity index (χ2v) is 11.2. The quantitative estimate of drug-likeness (QED) is 0.211. The predicted molar refractivity (Wildman–Crippen MR) is 157 cm³/mol. The molecule has 190 valence electrons. The summed E-state index contributed by atoms with van der Waals surface area (Å²) in [6.07, 6.45) is 1.60. The van der Waals surface area contributed by atoms with E-state index in [4.69, 9.17) is 9.47 Å². The van der Waals surface area contributed by atoms with Gasteiger partial charge in [0.2, 0.25) is 5.91 Å². The summed E-state index contributed by atoms with van der Waals surface area (Å²) in [5.41, 5.74) is 3.24. The molecule has 1 heterocycles. The van der Waals surface area contributed by atoms with Crippen LogP contribution in [0.4, 0.5) is 10.5 Å². The highest BCUT2D eigenvalue weighted by atomic mass is 127. The number of ether oxygens (including phenoxy) is 2. The lowest BCUT2D eigenvalue weighted by Crippen LogP contribution is -2.36. The second kappa shape index (κ2) is 12.1. The summed E-state index contributed by atoms with van der Waals surface area (Å²) in [6, 6.07) is 18.8. The van der Waals surface area contributed by atoms with Gasteiger partial charge < -0.3 is 14.8 Å². The van der Waals surface area contributed by atoms with E-state index in [1.54, 1.807) is 24.3 Å². The van der Waals surface area contributed by atoms with Crippen LogP contribution >= 0.6 is 50.3 Å². The summed E-state index contributed by atoms with van der Waals surface area (Å²) in [7, 11) is 1.53. The van der Waals surface area contributed by atoms with Gasteiger partial charge in [-0.1, -0.05) is 24.3 Å². The molecular weight excluding hydrogens is 671 g/mol. The van der Waals surface area contributed by atoms with Crippen LogP contribution in [0.3, 0.4) is 0 Å². The van der Waals surface area contributed by atoms with Crippen molar-refractivity contribution in [1.29, 1.82) is 0 Å². The van der Waals surface area contributed by atoms with E-state index in [2.05, 4.69) is 43.8 Å². The number of imide groups is 1. The van der Waals surface area contributed by atoms with Crippen molar-refractivity contribution in [2.24, 2.45) is 0 Å². The molecule has 3 aromatic carbocycles. The zero-order chi connectivity index (χ0) is 26.5. The molecule has 4 rings (SSSR count). The van der Waals surface area contributed by atoms with Gasteiger partial charge in [0, 0.05) is 9.26 Å². The molecule has 0 unspecified atom stereocenters. The highest BCUT2D eigenvalue weighted by Gasteiger charge is 2.36. The molecule has 0 aliphatic carbocycles. The van der Waals surface area contributed by atoms with Gasteiger partial charge in [0.1, 0.15) is 13.2 Å². The van der Waals surface area contributed by atoms with Crippen molar-refractivity contribution >= 4 is 79.1 Å². The first kappa shape index (κ1) is 27.2. The summed E-state index contributed by atoms with van der Waals surface area (Å²) >= 11 is 6.56.